The molecule has 4 heteroatoms. The third-order valence-electron chi connectivity index (χ3n) is 3.57. The van der Waals surface area contributed by atoms with Crippen molar-refractivity contribution in [1.82, 2.24) is 20.3 Å². The first kappa shape index (κ1) is 16.5. The minimum atomic E-state index is 0.802. The molecule has 0 unspecified atom stereocenters. The van der Waals surface area contributed by atoms with E-state index in [-0.39, 0.29) is 0 Å². The lowest BCUT2D eigenvalue weighted by Gasteiger charge is -2.20. The number of nitrogens with one attached hydrogen (secondary N) is 1. The molecule has 118 valence electrons. The van der Waals surface area contributed by atoms with Gasteiger partial charge in [-0.2, -0.15) is 0 Å². The minimum Gasteiger partial charge on any atom is -0.355 e. The van der Waals surface area contributed by atoms with Gasteiger partial charge >= 0.3 is 0 Å². The molecule has 1 N–H and O–H groups in total. The molecule has 0 aliphatic carbocycles. The Morgan fingerprint density at radius 1 is 1.09 bits per heavy atom. The zero-order chi connectivity index (χ0) is 17.0. The van der Waals surface area contributed by atoms with Crippen LogP contribution in [0.5, 0.6) is 0 Å². The summed E-state index contributed by atoms with van der Waals surface area (Å²) >= 11 is 0. The molecule has 0 radical (unpaired) electrons. The smallest absolute Gasteiger partial charge is 0.121 e. The van der Waals surface area contributed by atoms with Crippen LogP contribution in [-0.4, -0.2) is 15.0 Å². The fourth-order valence-electron chi connectivity index (χ4n) is 2.59. The molecule has 2 aromatic rings. The lowest BCUT2D eigenvalue weighted by atomic mass is 9.95. The Labute approximate surface area is 137 Å². The Morgan fingerprint density at radius 2 is 1.74 bits per heavy atom. The number of aryl methyl sites for hydroxylation is 1. The van der Waals surface area contributed by atoms with Gasteiger partial charge in [-0.25, -0.2) is 4.68 Å². The van der Waals surface area contributed by atoms with E-state index in [1.807, 2.05) is 45.2 Å². The zero-order valence-corrected chi connectivity index (χ0v) is 13.9. The van der Waals surface area contributed by atoms with Crippen LogP contribution in [0, 0.1) is 0 Å². The van der Waals surface area contributed by atoms with Crippen LogP contribution in [0.25, 0.3) is 22.5 Å². The molecule has 0 fully saturated rings. The third-order valence-corrected chi connectivity index (χ3v) is 3.57. The molecular weight excluding hydrogens is 284 g/mol. The number of benzene rings is 1. The Bertz CT molecular complexity index is 793. The van der Waals surface area contributed by atoms with Crippen molar-refractivity contribution in [2.24, 2.45) is 7.05 Å². The number of fused-ring (bicyclic) bond motifs is 3. The highest BCUT2D eigenvalue weighted by Crippen LogP contribution is 2.35. The van der Waals surface area contributed by atoms with Gasteiger partial charge in [-0.15, -0.1) is 5.10 Å². The highest BCUT2D eigenvalue weighted by atomic mass is 15.4. The highest BCUT2D eigenvalue weighted by Gasteiger charge is 2.23. The molecule has 0 spiro atoms. The van der Waals surface area contributed by atoms with Crippen LogP contribution in [0.15, 0.2) is 61.9 Å². The second-order valence-corrected chi connectivity index (χ2v) is 4.79. The van der Waals surface area contributed by atoms with Gasteiger partial charge in [-0.1, -0.05) is 69.1 Å². The maximum atomic E-state index is 4.33. The number of hydrogen-bond donors (Lipinski definition) is 1. The molecule has 1 aliphatic heterocycles. The number of aromatic nitrogens is 3. The molecule has 23 heavy (non-hydrogen) atoms. The molecule has 0 saturated heterocycles. The number of nitrogens with zero attached hydrogens (tertiary/aromatic N) is 3. The van der Waals surface area contributed by atoms with E-state index in [0.717, 1.165) is 39.5 Å². The van der Waals surface area contributed by atoms with Crippen molar-refractivity contribution >= 4 is 11.3 Å². The van der Waals surface area contributed by atoms with Gasteiger partial charge < -0.3 is 5.32 Å². The van der Waals surface area contributed by atoms with Crippen molar-refractivity contribution in [3.63, 3.8) is 0 Å². The summed E-state index contributed by atoms with van der Waals surface area (Å²) in [6.45, 7) is 15.9. The van der Waals surface area contributed by atoms with E-state index in [0.29, 0.717) is 0 Å². The van der Waals surface area contributed by atoms with Crippen molar-refractivity contribution in [2.75, 3.05) is 0 Å². The van der Waals surface area contributed by atoms with Gasteiger partial charge in [0.25, 0.3) is 0 Å². The normalized spacial score (nSPS) is 15.9. The van der Waals surface area contributed by atoms with E-state index in [1.54, 1.807) is 16.8 Å². The van der Waals surface area contributed by atoms with Crippen molar-refractivity contribution < 1.29 is 0 Å². The van der Waals surface area contributed by atoms with Crippen LogP contribution in [0.2, 0.25) is 0 Å². The molecule has 0 atom stereocenters. The maximum Gasteiger partial charge on any atom is 0.121 e. The Hall–Kier alpha value is -2.88. The van der Waals surface area contributed by atoms with Crippen molar-refractivity contribution in [1.29, 1.82) is 0 Å². The van der Waals surface area contributed by atoms with Crippen molar-refractivity contribution in [2.45, 2.75) is 13.8 Å². The average Bonchev–Trinajstić information content (AvgIpc) is 2.96. The summed E-state index contributed by atoms with van der Waals surface area (Å²) in [7, 11) is 1.87. The van der Waals surface area contributed by atoms with Crippen LogP contribution in [0.4, 0.5) is 0 Å². The van der Waals surface area contributed by atoms with Crippen LogP contribution >= 0.6 is 0 Å². The first-order chi connectivity index (χ1) is 11.2. The fourth-order valence-corrected chi connectivity index (χ4v) is 2.59. The van der Waals surface area contributed by atoms with Crippen molar-refractivity contribution in [3.05, 3.63) is 73.1 Å². The van der Waals surface area contributed by atoms with Gasteiger partial charge in [0.15, 0.2) is 0 Å². The molecule has 1 aliphatic rings. The van der Waals surface area contributed by atoms with E-state index >= 15 is 0 Å². The summed E-state index contributed by atoms with van der Waals surface area (Å²) in [5.41, 5.74) is 6.29. The molecule has 0 amide bonds. The second kappa shape index (κ2) is 6.92. The van der Waals surface area contributed by atoms with E-state index in [4.69, 9.17) is 0 Å². The predicted molar refractivity (Wildman–Crippen MR) is 97.3 cm³/mol. The maximum absolute atomic E-state index is 4.33. The van der Waals surface area contributed by atoms with E-state index < -0.39 is 0 Å². The standard InChI is InChI=1S/C17H16N4.C2H6/c1-5-12-15(6-2)18-11(3)13-9-7-8-10-14(13)16-17(12)21(4)20-19-16;1-2/h5-10,18H,1-3H2,4H3;1-2H3/b15-12-;. The van der Waals surface area contributed by atoms with Gasteiger partial charge in [-0.05, 0) is 6.08 Å². The summed E-state index contributed by atoms with van der Waals surface area (Å²) < 4.78 is 1.75. The van der Waals surface area contributed by atoms with Gasteiger partial charge in [0.05, 0.1) is 5.69 Å². The number of allylic oxidation sites excluding steroid dienone is 3. The predicted octanol–water partition coefficient (Wildman–Crippen LogP) is 4.17. The monoisotopic (exact) mass is 306 g/mol. The molecule has 0 saturated carbocycles. The van der Waals surface area contributed by atoms with E-state index in [1.165, 1.54) is 0 Å². The quantitative estimate of drug-likeness (QED) is 0.905. The third kappa shape index (κ3) is 2.75. The van der Waals surface area contributed by atoms with Gasteiger partial charge in [0.2, 0.25) is 0 Å². The molecule has 0 bridgehead atoms. The summed E-state index contributed by atoms with van der Waals surface area (Å²) in [6.07, 6.45) is 3.54. The highest BCUT2D eigenvalue weighted by molar-refractivity contribution is 5.91. The number of hydrogen-bond acceptors (Lipinski definition) is 3. The van der Waals surface area contributed by atoms with Crippen molar-refractivity contribution in [3.8, 4) is 11.3 Å². The van der Waals surface area contributed by atoms with Gasteiger partial charge in [-0.3, -0.25) is 0 Å². The van der Waals surface area contributed by atoms with E-state index in [9.17, 15) is 0 Å². The molecule has 4 nitrogen and oxygen atoms in total. The largest absolute Gasteiger partial charge is 0.355 e. The zero-order valence-electron chi connectivity index (χ0n) is 13.9. The second-order valence-electron chi connectivity index (χ2n) is 4.79. The lowest BCUT2D eigenvalue weighted by Crippen LogP contribution is -2.15. The van der Waals surface area contributed by atoms with Gasteiger partial charge in [0.1, 0.15) is 5.69 Å². The fraction of sp³-hybridized carbons (Fsp3) is 0.158. The Kier molecular flexibility index (Phi) is 4.96. The topological polar surface area (TPSA) is 42.7 Å². The summed E-state index contributed by atoms with van der Waals surface area (Å²) in [4.78, 5) is 0. The summed E-state index contributed by atoms with van der Waals surface area (Å²) in [6, 6.07) is 8.00. The van der Waals surface area contributed by atoms with Crippen LogP contribution in [0.1, 0.15) is 25.1 Å². The lowest BCUT2D eigenvalue weighted by molar-refractivity contribution is 0.707. The summed E-state index contributed by atoms with van der Waals surface area (Å²) in [5.74, 6) is 0. The molecule has 1 aromatic carbocycles. The average molecular weight is 306 g/mol. The molecule has 1 aromatic heterocycles. The van der Waals surface area contributed by atoms with Crippen LogP contribution < -0.4 is 5.32 Å². The SMILES string of the molecule is C=C/C1=C(\C=C)c2c(nnn2C)-c2ccccc2C(=C)N1.CC. The van der Waals surface area contributed by atoms with Gasteiger partial charge in [0, 0.05) is 35.1 Å². The Morgan fingerprint density at radius 3 is 2.35 bits per heavy atom. The molecular formula is C19H22N4. The van der Waals surface area contributed by atoms with E-state index in [2.05, 4.69) is 35.4 Å². The molecule has 2 heterocycles. The first-order valence-electron chi connectivity index (χ1n) is 7.62. The first-order valence-corrected chi connectivity index (χ1v) is 7.62. The number of rotatable bonds is 2. The Balaban J connectivity index is 0.000000924. The minimum absolute atomic E-state index is 0.802. The van der Waals surface area contributed by atoms with Crippen LogP contribution in [-0.2, 0) is 7.05 Å². The molecule has 3 rings (SSSR count). The van der Waals surface area contributed by atoms with Crippen LogP contribution in [0.3, 0.4) is 0 Å². The summed E-state index contributed by atoms with van der Waals surface area (Å²) in [5, 5.41) is 11.8.